The van der Waals surface area contributed by atoms with Gasteiger partial charge in [0.1, 0.15) is 6.54 Å². The molecule has 1 amide bonds. The predicted molar refractivity (Wildman–Crippen MR) is 112 cm³/mol. The van der Waals surface area contributed by atoms with Gasteiger partial charge in [0.25, 0.3) is 0 Å². The van der Waals surface area contributed by atoms with Gasteiger partial charge in [0, 0.05) is 32.0 Å². The molecule has 29 heavy (non-hydrogen) atoms. The number of hydrogen-bond donors (Lipinski definition) is 0. The van der Waals surface area contributed by atoms with Gasteiger partial charge >= 0.3 is 5.69 Å². The van der Waals surface area contributed by atoms with Crippen molar-refractivity contribution in [1.29, 1.82) is 0 Å². The zero-order valence-electron chi connectivity index (χ0n) is 16.2. The van der Waals surface area contributed by atoms with Crippen LogP contribution >= 0.6 is 0 Å². The minimum Gasteiger partial charge on any atom is -0.348 e. The summed E-state index contributed by atoms with van der Waals surface area (Å²) in [6.07, 6.45) is 2.06. The number of imidazole rings is 1. The number of carbonyl (C=O) groups excluding carboxylic acids is 1. The molecule has 1 aliphatic heterocycles. The topological polar surface area (TPSA) is 52.2 Å². The van der Waals surface area contributed by atoms with Crippen molar-refractivity contribution in [2.24, 2.45) is 7.05 Å². The Morgan fingerprint density at radius 3 is 2.45 bits per heavy atom. The number of hydrogen-bond acceptors (Lipinski definition) is 2. The summed E-state index contributed by atoms with van der Waals surface area (Å²) in [5, 5.41) is 0. The summed E-state index contributed by atoms with van der Waals surface area (Å²) in [6.45, 7) is 1.39. The molecule has 0 saturated carbocycles. The van der Waals surface area contributed by atoms with Crippen LogP contribution in [0.5, 0.6) is 0 Å². The van der Waals surface area contributed by atoms with Crippen molar-refractivity contribution in [1.82, 2.24) is 18.6 Å². The van der Waals surface area contributed by atoms with E-state index in [9.17, 15) is 9.59 Å². The van der Waals surface area contributed by atoms with E-state index in [2.05, 4.69) is 29.0 Å². The summed E-state index contributed by atoms with van der Waals surface area (Å²) in [4.78, 5) is 28.1. The number of carbonyl (C=O) groups is 1. The van der Waals surface area contributed by atoms with E-state index in [-0.39, 0.29) is 24.2 Å². The van der Waals surface area contributed by atoms with E-state index >= 15 is 0 Å². The third-order valence-corrected chi connectivity index (χ3v) is 5.82. The Bertz CT molecular complexity index is 1250. The molecule has 0 fully saturated rings. The van der Waals surface area contributed by atoms with Gasteiger partial charge in [-0.15, -0.1) is 0 Å². The SMILES string of the molecule is Cn1c(=O)n(CC(=O)N2CCn3cccc3C2c2ccccc2)c2ccccc21. The lowest BCUT2D eigenvalue weighted by molar-refractivity contribution is -0.134. The third kappa shape index (κ3) is 2.79. The molecule has 146 valence electrons. The lowest BCUT2D eigenvalue weighted by Gasteiger charge is -2.37. The first kappa shape index (κ1) is 17.6. The first-order chi connectivity index (χ1) is 14.1. The maximum absolute atomic E-state index is 13.4. The number of para-hydroxylation sites is 2. The molecule has 1 unspecified atom stereocenters. The quantitative estimate of drug-likeness (QED) is 0.544. The number of benzene rings is 2. The lowest BCUT2D eigenvalue weighted by Crippen LogP contribution is -2.44. The van der Waals surface area contributed by atoms with E-state index in [4.69, 9.17) is 0 Å². The molecule has 2 aromatic heterocycles. The van der Waals surface area contributed by atoms with Crippen molar-refractivity contribution < 1.29 is 4.79 Å². The molecular formula is C23H22N4O2. The lowest BCUT2D eigenvalue weighted by atomic mass is 10.00. The molecule has 0 N–H and O–H groups in total. The number of aromatic nitrogens is 3. The Labute approximate surface area is 168 Å². The van der Waals surface area contributed by atoms with Crippen LogP contribution in [-0.4, -0.2) is 31.1 Å². The van der Waals surface area contributed by atoms with Gasteiger partial charge in [0.2, 0.25) is 5.91 Å². The molecule has 6 nitrogen and oxygen atoms in total. The summed E-state index contributed by atoms with van der Waals surface area (Å²) in [5.41, 5.74) is 3.62. The molecule has 0 bridgehead atoms. The maximum Gasteiger partial charge on any atom is 0.329 e. The second-order valence-electron chi connectivity index (χ2n) is 7.44. The number of fused-ring (bicyclic) bond motifs is 2. The van der Waals surface area contributed by atoms with Crippen LogP contribution in [0, 0.1) is 0 Å². The van der Waals surface area contributed by atoms with Gasteiger partial charge in [-0.2, -0.15) is 0 Å². The highest BCUT2D eigenvalue weighted by Gasteiger charge is 2.32. The zero-order valence-corrected chi connectivity index (χ0v) is 16.2. The fraction of sp³-hybridized carbons (Fsp3) is 0.217. The van der Waals surface area contributed by atoms with E-state index in [1.807, 2.05) is 53.4 Å². The third-order valence-electron chi connectivity index (χ3n) is 5.82. The minimum absolute atomic E-state index is 0.0320. The summed E-state index contributed by atoms with van der Waals surface area (Å²) in [6, 6.07) is 21.6. The van der Waals surface area contributed by atoms with Gasteiger partial charge in [-0.25, -0.2) is 4.79 Å². The van der Waals surface area contributed by atoms with Crippen LogP contribution in [-0.2, 0) is 24.9 Å². The van der Waals surface area contributed by atoms with Gasteiger partial charge in [-0.3, -0.25) is 13.9 Å². The highest BCUT2D eigenvalue weighted by Crippen LogP contribution is 2.32. The Morgan fingerprint density at radius 1 is 0.931 bits per heavy atom. The van der Waals surface area contributed by atoms with Crippen molar-refractivity contribution >= 4 is 16.9 Å². The van der Waals surface area contributed by atoms with E-state index in [0.717, 1.165) is 28.8 Å². The molecule has 2 aromatic carbocycles. The first-order valence-electron chi connectivity index (χ1n) is 9.79. The minimum atomic E-state index is -0.170. The van der Waals surface area contributed by atoms with Crippen LogP contribution in [0.4, 0.5) is 0 Å². The van der Waals surface area contributed by atoms with Crippen LogP contribution in [0.15, 0.2) is 77.7 Å². The molecule has 0 spiro atoms. The van der Waals surface area contributed by atoms with Crippen molar-refractivity contribution in [3.63, 3.8) is 0 Å². The monoisotopic (exact) mass is 386 g/mol. The molecule has 0 radical (unpaired) electrons. The largest absolute Gasteiger partial charge is 0.348 e. The molecule has 4 aromatic rings. The van der Waals surface area contributed by atoms with Crippen molar-refractivity contribution in [3.8, 4) is 0 Å². The number of rotatable bonds is 3. The average Bonchev–Trinajstić information content (AvgIpc) is 3.33. The number of aryl methyl sites for hydroxylation is 1. The summed E-state index contributed by atoms with van der Waals surface area (Å²) in [5.74, 6) is -0.0512. The standard InChI is InChI=1S/C23H22N4O2/c1-24-18-10-5-6-11-19(18)27(23(24)29)16-21(28)26-15-14-25-13-7-12-20(25)22(26)17-8-3-2-4-9-17/h2-13,22H,14-16H2,1H3. The Hall–Kier alpha value is -3.54. The maximum atomic E-state index is 13.4. The molecular weight excluding hydrogens is 364 g/mol. The second-order valence-corrected chi connectivity index (χ2v) is 7.44. The van der Waals surface area contributed by atoms with Gasteiger partial charge < -0.3 is 9.47 Å². The molecule has 0 aliphatic carbocycles. The molecule has 3 heterocycles. The van der Waals surface area contributed by atoms with Crippen LogP contribution in [0.2, 0.25) is 0 Å². The van der Waals surface area contributed by atoms with Crippen molar-refractivity contribution in [2.75, 3.05) is 6.54 Å². The predicted octanol–water partition coefficient (Wildman–Crippen LogP) is 2.77. The van der Waals surface area contributed by atoms with Crippen LogP contribution < -0.4 is 5.69 Å². The van der Waals surface area contributed by atoms with Gasteiger partial charge in [-0.05, 0) is 29.8 Å². The molecule has 1 atom stereocenters. The van der Waals surface area contributed by atoms with E-state index in [1.54, 1.807) is 16.2 Å². The van der Waals surface area contributed by atoms with E-state index in [0.29, 0.717) is 6.54 Å². The smallest absolute Gasteiger partial charge is 0.329 e. The highest BCUT2D eigenvalue weighted by atomic mass is 16.2. The highest BCUT2D eigenvalue weighted by molar-refractivity contribution is 5.81. The van der Waals surface area contributed by atoms with Crippen LogP contribution in [0.3, 0.4) is 0 Å². The molecule has 5 rings (SSSR count). The van der Waals surface area contributed by atoms with Gasteiger partial charge in [0.15, 0.2) is 0 Å². The summed E-state index contributed by atoms with van der Waals surface area (Å²) in [7, 11) is 1.74. The Kier molecular flexibility index (Phi) is 4.12. The number of amides is 1. The molecule has 0 saturated heterocycles. The zero-order chi connectivity index (χ0) is 20.0. The Balaban J connectivity index is 1.54. The van der Waals surface area contributed by atoms with Gasteiger partial charge in [0.05, 0.1) is 17.1 Å². The number of nitrogens with zero attached hydrogens (tertiary/aromatic N) is 4. The summed E-state index contributed by atoms with van der Waals surface area (Å²) >= 11 is 0. The Morgan fingerprint density at radius 2 is 1.66 bits per heavy atom. The fourth-order valence-corrected chi connectivity index (χ4v) is 4.38. The summed E-state index contributed by atoms with van der Waals surface area (Å²) < 4.78 is 5.37. The first-order valence-corrected chi connectivity index (χ1v) is 9.79. The fourth-order valence-electron chi connectivity index (χ4n) is 4.38. The van der Waals surface area contributed by atoms with Gasteiger partial charge in [-0.1, -0.05) is 42.5 Å². The van der Waals surface area contributed by atoms with E-state index in [1.165, 1.54) is 0 Å². The van der Waals surface area contributed by atoms with E-state index < -0.39 is 0 Å². The van der Waals surface area contributed by atoms with Crippen molar-refractivity contribution in [3.05, 3.63) is 94.7 Å². The second kappa shape index (κ2) is 6.81. The molecule has 6 heteroatoms. The normalized spacial score (nSPS) is 16.2. The van der Waals surface area contributed by atoms with Crippen molar-refractivity contribution in [2.45, 2.75) is 19.1 Å². The average molecular weight is 386 g/mol. The molecule has 1 aliphatic rings. The van der Waals surface area contributed by atoms with Crippen LogP contribution in [0.25, 0.3) is 11.0 Å². The van der Waals surface area contributed by atoms with Crippen LogP contribution in [0.1, 0.15) is 17.3 Å².